The number of nitrogens with zero attached hydrogens (tertiary/aromatic N) is 2. The van der Waals surface area contributed by atoms with Gasteiger partial charge in [0.2, 0.25) is 0 Å². The number of nitrogens with one attached hydrogen (secondary N) is 1. The molecule has 1 aromatic carbocycles. The Morgan fingerprint density at radius 3 is 2.88 bits per heavy atom. The van der Waals surface area contributed by atoms with Gasteiger partial charge in [0.1, 0.15) is 5.69 Å². The largest absolute Gasteiger partial charge is 0.493 e. The Labute approximate surface area is 151 Å². The van der Waals surface area contributed by atoms with E-state index in [0.29, 0.717) is 22.1 Å². The lowest BCUT2D eigenvalue weighted by atomic mass is 10.2. The molecule has 0 saturated carbocycles. The summed E-state index contributed by atoms with van der Waals surface area (Å²) < 4.78 is 11.1. The third-order valence-electron chi connectivity index (χ3n) is 3.42. The third-order valence-corrected chi connectivity index (χ3v) is 3.70. The van der Waals surface area contributed by atoms with Crippen molar-refractivity contribution in [2.24, 2.45) is 5.10 Å². The number of halogens is 1. The SMILES string of the molecule is CC[C@H](C)Oc1c(Cl)cc(/C=N\NC(=O)c2ccccn2)cc1OC. The number of amides is 1. The van der Waals surface area contributed by atoms with Crippen LogP contribution >= 0.6 is 11.6 Å². The van der Waals surface area contributed by atoms with Crippen LogP contribution in [0.4, 0.5) is 0 Å². The molecule has 1 N–H and O–H groups in total. The lowest BCUT2D eigenvalue weighted by molar-refractivity contribution is 0.0950. The molecule has 0 spiro atoms. The summed E-state index contributed by atoms with van der Waals surface area (Å²) in [6.45, 7) is 3.98. The first-order chi connectivity index (χ1) is 12.0. The van der Waals surface area contributed by atoms with E-state index in [0.717, 1.165) is 6.42 Å². The molecular formula is C18H20ClN3O3. The number of rotatable bonds is 7. The highest BCUT2D eigenvalue weighted by molar-refractivity contribution is 6.32. The van der Waals surface area contributed by atoms with Crippen LogP contribution in [-0.2, 0) is 0 Å². The van der Waals surface area contributed by atoms with Crippen molar-refractivity contribution in [2.75, 3.05) is 7.11 Å². The van der Waals surface area contributed by atoms with Crippen molar-refractivity contribution in [3.05, 3.63) is 52.8 Å². The monoisotopic (exact) mass is 361 g/mol. The summed E-state index contributed by atoms with van der Waals surface area (Å²) in [4.78, 5) is 15.8. The molecule has 0 aliphatic rings. The fraction of sp³-hybridized carbons (Fsp3) is 0.278. The molecule has 7 heteroatoms. The average Bonchev–Trinajstić information content (AvgIpc) is 2.63. The molecule has 0 bridgehead atoms. The summed E-state index contributed by atoms with van der Waals surface area (Å²) in [5.74, 6) is 0.602. The Morgan fingerprint density at radius 1 is 1.44 bits per heavy atom. The van der Waals surface area contributed by atoms with Crippen LogP contribution in [0.1, 0.15) is 36.3 Å². The number of aromatic nitrogens is 1. The molecule has 0 aliphatic heterocycles. The van der Waals surface area contributed by atoms with Gasteiger partial charge in [0.25, 0.3) is 5.91 Å². The number of hydrogen-bond acceptors (Lipinski definition) is 5. The standard InChI is InChI=1S/C18H20ClN3O3/c1-4-12(2)25-17-14(19)9-13(10-16(17)24-3)11-21-22-18(23)15-7-5-6-8-20-15/h5-12H,4H2,1-3H3,(H,22,23)/b21-11-/t12-/m0/s1. The number of hydrazone groups is 1. The van der Waals surface area contributed by atoms with E-state index in [1.165, 1.54) is 6.21 Å². The molecular weight excluding hydrogens is 342 g/mol. The van der Waals surface area contributed by atoms with Gasteiger partial charge < -0.3 is 9.47 Å². The zero-order chi connectivity index (χ0) is 18.2. The highest BCUT2D eigenvalue weighted by Crippen LogP contribution is 2.37. The van der Waals surface area contributed by atoms with Crippen molar-refractivity contribution < 1.29 is 14.3 Å². The van der Waals surface area contributed by atoms with E-state index in [-0.39, 0.29) is 11.8 Å². The minimum Gasteiger partial charge on any atom is -0.493 e. The smallest absolute Gasteiger partial charge is 0.289 e. The normalized spacial score (nSPS) is 12.0. The number of carbonyl (C=O) groups is 1. The number of benzene rings is 1. The Kier molecular flexibility index (Phi) is 6.77. The third kappa shape index (κ3) is 5.19. The zero-order valence-corrected chi connectivity index (χ0v) is 15.1. The quantitative estimate of drug-likeness (QED) is 0.603. The lowest BCUT2D eigenvalue weighted by Gasteiger charge is -2.17. The van der Waals surface area contributed by atoms with Crippen molar-refractivity contribution in [1.82, 2.24) is 10.4 Å². The Balaban J connectivity index is 2.12. The minimum absolute atomic E-state index is 0.0172. The molecule has 1 aromatic heterocycles. The summed E-state index contributed by atoms with van der Waals surface area (Å²) in [5, 5.41) is 4.34. The molecule has 1 heterocycles. The van der Waals surface area contributed by atoms with E-state index < -0.39 is 5.91 Å². The van der Waals surface area contributed by atoms with E-state index >= 15 is 0 Å². The van der Waals surface area contributed by atoms with Crippen LogP contribution in [0.3, 0.4) is 0 Å². The fourth-order valence-electron chi connectivity index (χ4n) is 1.93. The maximum Gasteiger partial charge on any atom is 0.289 e. The summed E-state index contributed by atoms with van der Waals surface area (Å²) >= 11 is 6.29. The molecule has 0 fully saturated rings. The van der Waals surface area contributed by atoms with Crippen LogP contribution in [0.25, 0.3) is 0 Å². The molecule has 25 heavy (non-hydrogen) atoms. The molecule has 132 valence electrons. The van der Waals surface area contributed by atoms with Crippen LogP contribution in [0.5, 0.6) is 11.5 Å². The van der Waals surface area contributed by atoms with Crippen LogP contribution in [-0.4, -0.2) is 30.3 Å². The number of pyridine rings is 1. The molecule has 0 aliphatic carbocycles. The fourth-order valence-corrected chi connectivity index (χ4v) is 2.20. The van der Waals surface area contributed by atoms with Crippen molar-refractivity contribution >= 4 is 23.7 Å². The second kappa shape index (κ2) is 9.03. The van der Waals surface area contributed by atoms with E-state index in [1.54, 1.807) is 43.6 Å². The molecule has 2 rings (SSSR count). The molecule has 6 nitrogen and oxygen atoms in total. The number of methoxy groups -OCH3 is 1. The summed E-state index contributed by atoms with van der Waals surface area (Å²) in [7, 11) is 1.54. The second-order valence-corrected chi connectivity index (χ2v) is 5.69. The molecule has 0 unspecified atom stereocenters. The van der Waals surface area contributed by atoms with Crippen molar-refractivity contribution in [3.63, 3.8) is 0 Å². The van der Waals surface area contributed by atoms with Gasteiger partial charge in [-0.15, -0.1) is 0 Å². The van der Waals surface area contributed by atoms with Gasteiger partial charge in [-0.05, 0) is 43.2 Å². The second-order valence-electron chi connectivity index (χ2n) is 5.28. The molecule has 0 radical (unpaired) electrons. The van der Waals surface area contributed by atoms with Crippen LogP contribution in [0, 0.1) is 0 Å². The Bertz CT molecular complexity index is 751. The van der Waals surface area contributed by atoms with Crippen molar-refractivity contribution in [3.8, 4) is 11.5 Å². The molecule has 1 atom stereocenters. The number of hydrogen-bond donors (Lipinski definition) is 1. The van der Waals surface area contributed by atoms with Crippen molar-refractivity contribution in [1.29, 1.82) is 0 Å². The Hall–Kier alpha value is -2.60. The number of ether oxygens (including phenoxy) is 2. The van der Waals surface area contributed by atoms with Crippen LogP contribution in [0.2, 0.25) is 5.02 Å². The summed E-state index contributed by atoms with van der Waals surface area (Å²) in [5.41, 5.74) is 3.36. The average molecular weight is 362 g/mol. The van der Waals surface area contributed by atoms with Gasteiger partial charge in [0.15, 0.2) is 11.5 Å². The topological polar surface area (TPSA) is 72.8 Å². The van der Waals surface area contributed by atoms with Crippen LogP contribution in [0.15, 0.2) is 41.6 Å². The van der Waals surface area contributed by atoms with Gasteiger partial charge in [-0.2, -0.15) is 5.10 Å². The van der Waals surface area contributed by atoms with Gasteiger partial charge >= 0.3 is 0 Å². The maximum absolute atomic E-state index is 11.9. The summed E-state index contributed by atoms with van der Waals surface area (Å²) in [6, 6.07) is 8.49. The van der Waals surface area contributed by atoms with Gasteiger partial charge in [-0.3, -0.25) is 9.78 Å². The lowest BCUT2D eigenvalue weighted by Crippen LogP contribution is -2.18. The number of carbonyl (C=O) groups excluding carboxylic acids is 1. The predicted octanol–water partition coefficient (Wildman–Crippen LogP) is 3.68. The minimum atomic E-state index is -0.397. The molecule has 2 aromatic rings. The van der Waals surface area contributed by atoms with Gasteiger partial charge in [-0.1, -0.05) is 24.6 Å². The van der Waals surface area contributed by atoms with E-state index in [2.05, 4.69) is 15.5 Å². The van der Waals surface area contributed by atoms with Gasteiger partial charge in [0.05, 0.1) is 24.5 Å². The van der Waals surface area contributed by atoms with E-state index in [1.807, 2.05) is 13.8 Å². The van der Waals surface area contributed by atoms with E-state index in [4.69, 9.17) is 21.1 Å². The highest BCUT2D eigenvalue weighted by Gasteiger charge is 2.14. The van der Waals surface area contributed by atoms with Crippen LogP contribution < -0.4 is 14.9 Å². The van der Waals surface area contributed by atoms with Gasteiger partial charge in [-0.25, -0.2) is 5.43 Å². The van der Waals surface area contributed by atoms with E-state index in [9.17, 15) is 4.79 Å². The van der Waals surface area contributed by atoms with Crippen molar-refractivity contribution in [2.45, 2.75) is 26.4 Å². The molecule has 0 saturated heterocycles. The first kappa shape index (κ1) is 18.7. The molecule has 1 amide bonds. The predicted molar refractivity (Wildman–Crippen MR) is 97.7 cm³/mol. The summed E-state index contributed by atoms with van der Waals surface area (Å²) in [6.07, 6.45) is 3.88. The first-order valence-electron chi connectivity index (χ1n) is 7.83. The first-order valence-corrected chi connectivity index (χ1v) is 8.21. The highest BCUT2D eigenvalue weighted by atomic mass is 35.5. The van der Waals surface area contributed by atoms with Gasteiger partial charge in [0, 0.05) is 6.20 Å². The Morgan fingerprint density at radius 2 is 2.24 bits per heavy atom. The zero-order valence-electron chi connectivity index (χ0n) is 14.3. The maximum atomic E-state index is 11.9.